The van der Waals surface area contributed by atoms with Crippen molar-refractivity contribution in [2.24, 2.45) is 16.8 Å². The molecule has 1 N–H and O–H groups in total. The fourth-order valence-electron chi connectivity index (χ4n) is 4.74. The molecule has 1 amide bonds. The molecule has 0 radical (unpaired) electrons. The van der Waals surface area contributed by atoms with Crippen molar-refractivity contribution < 1.29 is 13.2 Å². The molecule has 2 aliphatic heterocycles. The van der Waals surface area contributed by atoms with Gasteiger partial charge in [0, 0.05) is 36.9 Å². The molecule has 1 fully saturated rings. The van der Waals surface area contributed by atoms with Crippen molar-refractivity contribution in [1.29, 1.82) is 0 Å². The first-order chi connectivity index (χ1) is 17.3. The van der Waals surface area contributed by atoms with E-state index in [-0.39, 0.29) is 27.8 Å². The van der Waals surface area contributed by atoms with E-state index < -0.39 is 16.1 Å². The second-order valence-electron chi connectivity index (χ2n) is 9.19. The lowest BCUT2D eigenvalue weighted by atomic mass is 9.87. The number of allylic oxidation sites excluding steroid dienone is 1. The summed E-state index contributed by atoms with van der Waals surface area (Å²) >= 11 is 12.2. The number of carbonyl (C=O) groups excluding carboxylic acids is 1. The Labute approximate surface area is 222 Å². The zero-order valence-corrected chi connectivity index (χ0v) is 22.4. The van der Waals surface area contributed by atoms with Crippen LogP contribution in [0, 0.1) is 11.8 Å². The lowest BCUT2D eigenvalue weighted by Crippen LogP contribution is -2.45. The first-order valence-corrected chi connectivity index (χ1v) is 14.4. The van der Waals surface area contributed by atoms with Crippen molar-refractivity contribution in [3.8, 4) is 0 Å². The van der Waals surface area contributed by atoms with E-state index in [1.165, 1.54) is 10.4 Å². The van der Waals surface area contributed by atoms with Gasteiger partial charge in [0.1, 0.15) is 5.04 Å². The van der Waals surface area contributed by atoms with Crippen molar-refractivity contribution in [3.63, 3.8) is 0 Å². The Morgan fingerprint density at radius 2 is 1.97 bits per heavy atom. The normalized spacial score (nSPS) is 20.4. The van der Waals surface area contributed by atoms with Gasteiger partial charge in [-0.05, 0) is 61.4 Å². The topological polar surface area (TPSA) is 91.7 Å². The smallest absolute Gasteiger partial charge is 0.256 e. The minimum atomic E-state index is -3.64. The van der Waals surface area contributed by atoms with Gasteiger partial charge >= 0.3 is 0 Å². The highest BCUT2D eigenvalue weighted by atomic mass is 35.5. The number of nitrogens with zero attached hydrogens (tertiary/aromatic N) is 3. The summed E-state index contributed by atoms with van der Waals surface area (Å²) in [6, 6.07) is 9.92. The number of hydrogen-bond acceptors (Lipinski definition) is 5. The van der Waals surface area contributed by atoms with E-state index in [0.717, 1.165) is 18.5 Å². The van der Waals surface area contributed by atoms with E-state index in [0.29, 0.717) is 42.9 Å². The van der Waals surface area contributed by atoms with Gasteiger partial charge in [-0.1, -0.05) is 48.7 Å². The van der Waals surface area contributed by atoms with E-state index in [4.69, 9.17) is 23.2 Å². The number of hydrogen-bond donors (Lipinski definition) is 1. The van der Waals surface area contributed by atoms with Gasteiger partial charge in [-0.3, -0.25) is 9.78 Å². The van der Waals surface area contributed by atoms with Gasteiger partial charge in [-0.2, -0.15) is 4.31 Å². The molecule has 0 bridgehead atoms. The van der Waals surface area contributed by atoms with Crippen LogP contribution in [0.1, 0.15) is 61.1 Å². The average molecular weight is 550 g/mol. The van der Waals surface area contributed by atoms with Crippen LogP contribution >= 0.6 is 23.2 Å². The summed E-state index contributed by atoms with van der Waals surface area (Å²) in [7, 11) is -3.64. The third kappa shape index (κ3) is 6.17. The van der Waals surface area contributed by atoms with Crippen molar-refractivity contribution in [2.45, 2.75) is 45.1 Å². The maximum absolute atomic E-state index is 13.4. The number of nitrogens with one attached hydrogen (secondary N) is 1. The molecule has 2 aromatic rings. The highest BCUT2D eigenvalue weighted by Crippen LogP contribution is 2.33. The van der Waals surface area contributed by atoms with Crippen LogP contribution in [0.3, 0.4) is 0 Å². The highest BCUT2D eigenvalue weighted by molar-refractivity contribution is 8.04. The Kier molecular flexibility index (Phi) is 8.83. The van der Waals surface area contributed by atoms with Crippen molar-refractivity contribution in [3.05, 3.63) is 76.2 Å². The standard InChI is InChI=1S/C26H30Cl2N4O3S/c1-2-18-6-5-13-30-24(16-18)36(34,35)32-14-10-19(11-15-32)25(23-7-3-4-12-29-23)31-26(33)21-9-8-20(27)17-22(21)28/h3-5,7-9,12-13,17-19,25H,2,6,10-11,14-16H2,1H3,(H,31,33). The summed E-state index contributed by atoms with van der Waals surface area (Å²) in [5, 5.41) is 4.05. The Morgan fingerprint density at radius 1 is 1.19 bits per heavy atom. The molecule has 36 heavy (non-hydrogen) atoms. The third-order valence-electron chi connectivity index (χ3n) is 6.91. The number of rotatable bonds is 6. The fourth-order valence-corrected chi connectivity index (χ4v) is 6.86. The molecular weight excluding hydrogens is 519 g/mol. The van der Waals surface area contributed by atoms with Crippen LogP contribution in [0.2, 0.25) is 10.0 Å². The van der Waals surface area contributed by atoms with Crippen molar-refractivity contribution in [2.75, 3.05) is 13.1 Å². The Hall–Kier alpha value is -2.26. The Morgan fingerprint density at radius 3 is 2.64 bits per heavy atom. The van der Waals surface area contributed by atoms with Gasteiger partial charge < -0.3 is 5.32 Å². The first-order valence-electron chi connectivity index (χ1n) is 12.2. The Bertz CT molecular complexity index is 1240. The van der Waals surface area contributed by atoms with Gasteiger partial charge in [0.15, 0.2) is 0 Å². The van der Waals surface area contributed by atoms with Gasteiger partial charge in [-0.25, -0.2) is 13.4 Å². The van der Waals surface area contributed by atoms with E-state index >= 15 is 0 Å². The maximum Gasteiger partial charge on any atom is 0.256 e. The Balaban J connectivity index is 1.50. The van der Waals surface area contributed by atoms with Crippen LogP contribution < -0.4 is 5.32 Å². The molecule has 1 aromatic heterocycles. The number of halogens is 2. The molecule has 1 saturated heterocycles. The molecule has 192 valence electrons. The second kappa shape index (κ2) is 11.9. The van der Waals surface area contributed by atoms with Gasteiger partial charge in [0.2, 0.25) is 0 Å². The van der Waals surface area contributed by atoms with Crippen LogP contribution in [0.25, 0.3) is 0 Å². The second-order valence-corrected chi connectivity index (χ2v) is 12.0. The minimum Gasteiger partial charge on any atom is -0.343 e. The van der Waals surface area contributed by atoms with E-state index in [1.54, 1.807) is 24.5 Å². The lowest BCUT2D eigenvalue weighted by molar-refractivity contribution is 0.0906. The van der Waals surface area contributed by atoms with Crippen molar-refractivity contribution >= 4 is 44.2 Å². The lowest BCUT2D eigenvalue weighted by Gasteiger charge is -2.36. The third-order valence-corrected chi connectivity index (χ3v) is 9.37. The van der Waals surface area contributed by atoms with Gasteiger partial charge in [0.25, 0.3) is 15.9 Å². The minimum absolute atomic E-state index is 0.000680. The van der Waals surface area contributed by atoms with E-state index in [2.05, 4.69) is 22.2 Å². The molecule has 0 spiro atoms. The summed E-state index contributed by atoms with van der Waals surface area (Å²) in [5.41, 5.74) is 1.05. The molecule has 1 aromatic carbocycles. The molecular formula is C26H30Cl2N4O3S. The molecule has 2 unspecified atom stereocenters. The van der Waals surface area contributed by atoms with Crippen LogP contribution in [-0.2, 0) is 10.0 Å². The van der Waals surface area contributed by atoms with Crippen LogP contribution in [0.4, 0.5) is 0 Å². The largest absolute Gasteiger partial charge is 0.343 e. The molecule has 2 aliphatic rings. The van der Waals surface area contributed by atoms with Gasteiger partial charge in [0.05, 0.1) is 22.3 Å². The zero-order chi connectivity index (χ0) is 25.7. The quantitative estimate of drug-likeness (QED) is 0.506. The molecule has 7 nitrogen and oxygen atoms in total. The van der Waals surface area contributed by atoms with E-state index in [9.17, 15) is 13.2 Å². The number of piperidine rings is 1. The predicted molar refractivity (Wildman–Crippen MR) is 144 cm³/mol. The number of benzene rings is 1. The van der Waals surface area contributed by atoms with Gasteiger partial charge in [-0.15, -0.1) is 0 Å². The summed E-state index contributed by atoms with van der Waals surface area (Å²) in [6.45, 7) is 2.78. The predicted octanol–water partition coefficient (Wildman–Crippen LogP) is 5.63. The molecule has 3 heterocycles. The molecule has 0 aliphatic carbocycles. The molecule has 2 atom stereocenters. The number of aliphatic imine (C=N–C) groups is 1. The summed E-state index contributed by atoms with van der Waals surface area (Å²) in [4.78, 5) is 21.9. The number of amides is 1. The average Bonchev–Trinajstić information content (AvgIpc) is 3.14. The highest BCUT2D eigenvalue weighted by Gasteiger charge is 2.36. The number of sulfonamides is 1. The zero-order valence-electron chi connectivity index (χ0n) is 20.1. The molecule has 0 saturated carbocycles. The molecule has 10 heteroatoms. The van der Waals surface area contributed by atoms with Crippen molar-refractivity contribution in [1.82, 2.24) is 14.6 Å². The van der Waals surface area contributed by atoms with Crippen LogP contribution in [0.5, 0.6) is 0 Å². The maximum atomic E-state index is 13.4. The van der Waals surface area contributed by atoms with Crippen LogP contribution in [-0.4, -0.2) is 41.7 Å². The number of aromatic nitrogens is 1. The molecule has 4 rings (SSSR count). The SMILES string of the molecule is CCC1CC=CN=C(S(=O)(=O)N2CCC(C(NC(=O)c3ccc(Cl)cc3Cl)c3ccccn3)CC2)C1. The summed E-state index contributed by atoms with van der Waals surface area (Å²) in [5.74, 6) is -0.0495. The first kappa shape index (κ1) is 26.8. The summed E-state index contributed by atoms with van der Waals surface area (Å²) in [6.07, 6.45) is 8.60. The number of pyridine rings is 1. The fraction of sp³-hybridized carbons (Fsp3) is 0.423. The monoisotopic (exact) mass is 548 g/mol. The van der Waals surface area contributed by atoms with E-state index in [1.807, 2.05) is 24.3 Å². The number of carbonyl (C=O) groups is 1. The van der Waals surface area contributed by atoms with Crippen LogP contribution in [0.15, 0.2) is 59.9 Å². The summed E-state index contributed by atoms with van der Waals surface area (Å²) < 4.78 is 28.3.